The van der Waals surface area contributed by atoms with Crippen LogP contribution in [0, 0.1) is 0 Å². The molecule has 1 rings (SSSR count). The van der Waals surface area contributed by atoms with Gasteiger partial charge in [0.15, 0.2) is 0 Å². The summed E-state index contributed by atoms with van der Waals surface area (Å²) < 4.78 is 24.0. The van der Waals surface area contributed by atoms with Crippen molar-refractivity contribution in [2.75, 3.05) is 6.26 Å². The molecule has 1 atom stereocenters. The average molecular weight is 214 g/mol. The van der Waals surface area contributed by atoms with E-state index >= 15 is 0 Å². The van der Waals surface area contributed by atoms with Crippen LogP contribution in [0.1, 0.15) is 5.56 Å². The van der Waals surface area contributed by atoms with E-state index in [2.05, 4.69) is 4.72 Å². The van der Waals surface area contributed by atoms with Gasteiger partial charge in [0.1, 0.15) is 0 Å². The summed E-state index contributed by atoms with van der Waals surface area (Å²) in [6, 6.07) is 9.50. The number of nitrogens with one attached hydrogen (secondary N) is 1. The van der Waals surface area contributed by atoms with E-state index in [1.807, 2.05) is 30.3 Å². The molecule has 0 radical (unpaired) electrons. The lowest BCUT2D eigenvalue weighted by Crippen LogP contribution is -2.42. The molecule has 4 nitrogen and oxygen atoms in total. The monoisotopic (exact) mass is 214 g/mol. The van der Waals surface area contributed by atoms with Gasteiger partial charge in [0.25, 0.3) is 0 Å². The van der Waals surface area contributed by atoms with Crippen molar-refractivity contribution in [3.05, 3.63) is 35.9 Å². The Hall–Kier alpha value is -0.910. The Balaban J connectivity index is 2.54. The second-order valence-corrected chi connectivity index (χ2v) is 4.97. The smallest absolute Gasteiger partial charge is 0.210 e. The minimum absolute atomic E-state index is 0.494. The fourth-order valence-electron chi connectivity index (χ4n) is 1.18. The quantitative estimate of drug-likeness (QED) is 0.696. The zero-order valence-corrected chi connectivity index (χ0v) is 8.79. The molecular weight excluding hydrogens is 200 g/mol. The highest BCUT2D eigenvalue weighted by Gasteiger charge is 2.08. The van der Waals surface area contributed by atoms with Crippen LogP contribution >= 0.6 is 0 Å². The van der Waals surface area contributed by atoms with Gasteiger partial charge in [-0.25, -0.2) is 8.42 Å². The van der Waals surface area contributed by atoms with E-state index in [4.69, 9.17) is 5.73 Å². The van der Waals surface area contributed by atoms with Gasteiger partial charge in [0.05, 0.1) is 12.4 Å². The Bertz CT molecular complexity index is 375. The zero-order valence-electron chi connectivity index (χ0n) is 7.97. The van der Waals surface area contributed by atoms with Crippen LogP contribution in [0.4, 0.5) is 0 Å². The number of nitrogens with two attached hydrogens (primary N) is 1. The fourth-order valence-corrected chi connectivity index (χ4v) is 1.82. The normalized spacial score (nSPS) is 13.9. The largest absolute Gasteiger partial charge is 0.315 e. The highest BCUT2D eigenvalue weighted by molar-refractivity contribution is 7.88. The molecule has 0 saturated carbocycles. The van der Waals surface area contributed by atoms with Crippen LogP contribution in [0.25, 0.3) is 0 Å². The highest BCUT2D eigenvalue weighted by atomic mass is 32.2. The first-order chi connectivity index (χ1) is 6.47. The topological polar surface area (TPSA) is 72.2 Å². The molecule has 0 aliphatic carbocycles. The standard InChI is InChI=1S/C9H14N2O2S/c1-14(12,13)11-9(10)7-8-5-3-2-4-6-8/h2-6,9,11H,7,10H2,1H3. The summed E-state index contributed by atoms with van der Waals surface area (Å²) in [6.45, 7) is 0. The van der Waals surface area contributed by atoms with Gasteiger partial charge in [-0.1, -0.05) is 30.3 Å². The van der Waals surface area contributed by atoms with E-state index < -0.39 is 16.2 Å². The first-order valence-corrected chi connectivity index (χ1v) is 6.13. The van der Waals surface area contributed by atoms with Gasteiger partial charge < -0.3 is 5.73 Å². The molecule has 0 aliphatic heterocycles. The number of sulfonamides is 1. The third-order valence-corrected chi connectivity index (χ3v) is 2.39. The SMILES string of the molecule is CS(=O)(=O)NC(N)Cc1ccccc1. The number of hydrogen-bond donors (Lipinski definition) is 2. The van der Waals surface area contributed by atoms with Crippen LogP contribution < -0.4 is 10.5 Å². The first kappa shape index (κ1) is 11.2. The number of benzene rings is 1. The Morgan fingerprint density at radius 3 is 2.43 bits per heavy atom. The van der Waals surface area contributed by atoms with Gasteiger partial charge in [-0.15, -0.1) is 0 Å². The fraction of sp³-hybridized carbons (Fsp3) is 0.333. The van der Waals surface area contributed by atoms with Crippen molar-refractivity contribution >= 4 is 10.0 Å². The lowest BCUT2D eigenvalue weighted by Gasteiger charge is -2.11. The van der Waals surface area contributed by atoms with Crippen molar-refractivity contribution in [1.29, 1.82) is 0 Å². The second-order valence-electron chi connectivity index (χ2n) is 3.19. The molecule has 0 heterocycles. The van der Waals surface area contributed by atoms with Crippen LogP contribution in [0.15, 0.2) is 30.3 Å². The third-order valence-electron chi connectivity index (χ3n) is 1.66. The lowest BCUT2D eigenvalue weighted by atomic mass is 10.1. The van der Waals surface area contributed by atoms with Gasteiger partial charge in [-0.05, 0) is 5.56 Å². The molecule has 1 aromatic rings. The molecule has 0 bridgehead atoms. The number of rotatable bonds is 4. The molecule has 0 saturated heterocycles. The maximum Gasteiger partial charge on any atom is 0.210 e. The summed E-state index contributed by atoms with van der Waals surface area (Å²) in [6.07, 6.45) is 1.03. The summed E-state index contributed by atoms with van der Waals surface area (Å²) in [4.78, 5) is 0. The second kappa shape index (κ2) is 4.54. The Kier molecular flexibility index (Phi) is 3.62. The van der Waals surface area contributed by atoms with Crippen molar-refractivity contribution in [3.63, 3.8) is 0 Å². The van der Waals surface area contributed by atoms with E-state index in [0.717, 1.165) is 11.8 Å². The lowest BCUT2D eigenvalue weighted by molar-refractivity contribution is 0.558. The van der Waals surface area contributed by atoms with Crippen LogP contribution in [0.3, 0.4) is 0 Å². The molecule has 1 aromatic carbocycles. The Labute approximate surface area is 84.2 Å². The molecule has 0 fully saturated rings. The van der Waals surface area contributed by atoms with E-state index in [1.165, 1.54) is 0 Å². The van der Waals surface area contributed by atoms with Gasteiger partial charge in [0.2, 0.25) is 10.0 Å². The molecule has 5 heteroatoms. The third kappa shape index (κ3) is 4.36. The van der Waals surface area contributed by atoms with Crippen molar-refractivity contribution in [2.45, 2.75) is 12.6 Å². The van der Waals surface area contributed by atoms with Gasteiger partial charge in [0, 0.05) is 6.42 Å². The first-order valence-electron chi connectivity index (χ1n) is 4.24. The average Bonchev–Trinajstić information content (AvgIpc) is 2.02. The zero-order chi connectivity index (χ0) is 10.6. The van der Waals surface area contributed by atoms with Crippen LogP contribution in [-0.4, -0.2) is 20.8 Å². The summed E-state index contributed by atoms with van der Waals surface area (Å²) in [7, 11) is -3.22. The molecule has 3 N–H and O–H groups in total. The van der Waals surface area contributed by atoms with Gasteiger partial charge in [-0.3, -0.25) is 0 Å². The van der Waals surface area contributed by atoms with E-state index in [1.54, 1.807) is 0 Å². The molecule has 0 spiro atoms. The Morgan fingerprint density at radius 2 is 1.93 bits per heavy atom. The number of hydrogen-bond acceptors (Lipinski definition) is 3. The van der Waals surface area contributed by atoms with Crippen molar-refractivity contribution < 1.29 is 8.42 Å². The molecule has 0 aromatic heterocycles. The predicted molar refractivity (Wildman–Crippen MR) is 56.1 cm³/mol. The van der Waals surface area contributed by atoms with Crippen LogP contribution in [0.2, 0.25) is 0 Å². The van der Waals surface area contributed by atoms with Crippen molar-refractivity contribution in [2.24, 2.45) is 5.73 Å². The highest BCUT2D eigenvalue weighted by Crippen LogP contribution is 2.00. The molecule has 14 heavy (non-hydrogen) atoms. The summed E-state index contributed by atoms with van der Waals surface area (Å²) in [5.41, 5.74) is 6.61. The van der Waals surface area contributed by atoms with E-state index in [-0.39, 0.29) is 0 Å². The Morgan fingerprint density at radius 1 is 1.36 bits per heavy atom. The van der Waals surface area contributed by atoms with Crippen molar-refractivity contribution in [3.8, 4) is 0 Å². The summed E-state index contributed by atoms with van der Waals surface area (Å²) in [5.74, 6) is 0. The minimum atomic E-state index is -3.22. The van der Waals surface area contributed by atoms with Crippen molar-refractivity contribution in [1.82, 2.24) is 4.72 Å². The van der Waals surface area contributed by atoms with Crippen LogP contribution in [-0.2, 0) is 16.4 Å². The predicted octanol–water partition coefficient (Wildman–Crippen LogP) is 0.0631. The van der Waals surface area contributed by atoms with E-state index in [9.17, 15) is 8.42 Å². The molecular formula is C9H14N2O2S. The maximum atomic E-state index is 10.8. The van der Waals surface area contributed by atoms with Gasteiger partial charge >= 0.3 is 0 Å². The minimum Gasteiger partial charge on any atom is -0.315 e. The molecule has 78 valence electrons. The van der Waals surface area contributed by atoms with Crippen LogP contribution in [0.5, 0.6) is 0 Å². The summed E-state index contributed by atoms with van der Waals surface area (Å²) >= 11 is 0. The van der Waals surface area contributed by atoms with Gasteiger partial charge in [-0.2, -0.15) is 4.72 Å². The molecule has 0 amide bonds. The maximum absolute atomic E-state index is 10.8. The molecule has 1 unspecified atom stereocenters. The molecule has 0 aliphatic rings. The van der Waals surface area contributed by atoms with E-state index in [0.29, 0.717) is 6.42 Å². The summed E-state index contributed by atoms with van der Waals surface area (Å²) in [5, 5.41) is 0.